The number of hydrogen-bond donors (Lipinski definition) is 3. The Morgan fingerprint density at radius 3 is 2.91 bits per heavy atom. The fraction of sp³-hybridized carbons (Fsp3) is 0.391. The van der Waals surface area contributed by atoms with Crippen molar-refractivity contribution in [1.29, 1.82) is 0 Å². The molecule has 3 heterocycles. The third kappa shape index (κ3) is 4.54. The first-order valence-electron chi connectivity index (χ1n) is 10.7. The van der Waals surface area contributed by atoms with Crippen LogP contribution in [0.2, 0.25) is 0 Å². The van der Waals surface area contributed by atoms with Crippen molar-refractivity contribution in [2.75, 3.05) is 6.54 Å². The maximum absolute atomic E-state index is 14.3. The highest BCUT2D eigenvalue weighted by Gasteiger charge is 2.48. The molecule has 3 aromatic rings. The Hall–Kier alpha value is -3.08. The second-order valence-electron chi connectivity index (χ2n) is 9.04. The van der Waals surface area contributed by atoms with Crippen LogP contribution in [0.5, 0.6) is 11.5 Å². The van der Waals surface area contributed by atoms with Crippen molar-refractivity contribution in [2.45, 2.75) is 50.8 Å². The molecule has 8 nitrogen and oxygen atoms in total. The van der Waals surface area contributed by atoms with Gasteiger partial charge >= 0.3 is 0 Å². The molecule has 10 heteroatoms. The molecular weight excluding hydrogens is 434 g/mol. The summed E-state index contributed by atoms with van der Waals surface area (Å²) in [4.78, 5) is 13.3. The second-order valence-corrected chi connectivity index (χ2v) is 9.04. The van der Waals surface area contributed by atoms with Crippen LogP contribution < -0.4 is 15.4 Å². The monoisotopic (exact) mass is 458 g/mol. The summed E-state index contributed by atoms with van der Waals surface area (Å²) in [6.45, 7) is 4.24. The highest BCUT2D eigenvalue weighted by molar-refractivity contribution is 6.01. The molecule has 0 saturated carbocycles. The number of halogens is 2. The quantitative estimate of drug-likeness (QED) is 0.491. The minimum Gasteiger partial charge on any atom is -0.453 e. The third-order valence-electron chi connectivity index (χ3n) is 5.68. The Morgan fingerprint density at radius 1 is 1.33 bits per heavy atom. The van der Waals surface area contributed by atoms with Crippen molar-refractivity contribution in [3.63, 3.8) is 0 Å². The van der Waals surface area contributed by atoms with Crippen LogP contribution in [0.15, 0.2) is 36.5 Å². The fourth-order valence-electron chi connectivity index (χ4n) is 4.08. The van der Waals surface area contributed by atoms with Crippen molar-refractivity contribution in [3.05, 3.63) is 53.7 Å². The smallest absolute Gasteiger partial charge is 0.255 e. The van der Waals surface area contributed by atoms with Crippen LogP contribution in [0.4, 0.5) is 8.78 Å². The van der Waals surface area contributed by atoms with Crippen molar-refractivity contribution in [3.8, 4) is 11.5 Å². The number of aliphatic hydroxyl groups is 1. The molecule has 3 N–H and O–H groups in total. The van der Waals surface area contributed by atoms with Gasteiger partial charge in [-0.15, -0.1) is 0 Å². The first-order valence-corrected chi connectivity index (χ1v) is 10.7. The van der Waals surface area contributed by atoms with Gasteiger partial charge < -0.3 is 19.9 Å². The average molecular weight is 458 g/mol. The lowest BCUT2D eigenvalue weighted by Gasteiger charge is -2.21. The molecule has 2 fully saturated rings. The molecule has 1 amide bonds. The molecular formula is C23H24F2N4O4. The van der Waals surface area contributed by atoms with Gasteiger partial charge in [0.05, 0.1) is 35.5 Å². The Kier molecular flexibility index (Phi) is 5.31. The third-order valence-corrected chi connectivity index (χ3v) is 5.68. The summed E-state index contributed by atoms with van der Waals surface area (Å²) in [5.41, 5.74) is -0.249. The van der Waals surface area contributed by atoms with Gasteiger partial charge in [0.25, 0.3) is 5.91 Å². The number of nitrogens with zero attached hydrogens (tertiary/aromatic N) is 2. The van der Waals surface area contributed by atoms with Crippen LogP contribution in [0, 0.1) is 11.6 Å². The number of piperidine rings is 1. The first-order chi connectivity index (χ1) is 15.7. The van der Waals surface area contributed by atoms with Gasteiger partial charge in [0.2, 0.25) is 0 Å². The molecule has 5 rings (SSSR count). The number of rotatable bonds is 6. The summed E-state index contributed by atoms with van der Waals surface area (Å²) in [6.07, 6.45) is 2.13. The molecule has 0 aliphatic carbocycles. The van der Waals surface area contributed by atoms with E-state index in [4.69, 9.17) is 9.47 Å². The number of hydrogen-bond acceptors (Lipinski definition) is 6. The Bertz CT molecular complexity index is 1220. The Balaban J connectivity index is 1.52. The summed E-state index contributed by atoms with van der Waals surface area (Å²) in [7, 11) is 0. The summed E-state index contributed by atoms with van der Waals surface area (Å²) in [6, 6.07) is 5.98. The van der Waals surface area contributed by atoms with Gasteiger partial charge in [-0.3, -0.25) is 14.8 Å². The number of carbonyl (C=O) groups is 1. The topological polar surface area (TPSA) is 101 Å². The molecule has 1 aromatic heterocycles. The molecule has 2 unspecified atom stereocenters. The summed E-state index contributed by atoms with van der Waals surface area (Å²) < 4.78 is 40.5. The summed E-state index contributed by atoms with van der Waals surface area (Å²) in [5, 5.41) is 21.4. The molecule has 0 spiro atoms. The Labute approximate surface area is 188 Å². The highest BCUT2D eigenvalue weighted by Crippen LogP contribution is 2.33. The fourth-order valence-corrected chi connectivity index (χ4v) is 4.08. The molecule has 3 atom stereocenters. The van der Waals surface area contributed by atoms with Crippen molar-refractivity contribution < 1.29 is 28.2 Å². The molecule has 174 valence electrons. The van der Waals surface area contributed by atoms with Crippen molar-refractivity contribution in [2.24, 2.45) is 0 Å². The molecule has 0 radical (unpaired) electrons. The predicted molar refractivity (Wildman–Crippen MR) is 115 cm³/mol. The molecule has 2 aliphatic rings. The van der Waals surface area contributed by atoms with Gasteiger partial charge in [0.1, 0.15) is 23.9 Å². The minimum absolute atomic E-state index is 0.0521. The Morgan fingerprint density at radius 2 is 2.15 bits per heavy atom. The van der Waals surface area contributed by atoms with E-state index in [2.05, 4.69) is 15.7 Å². The van der Waals surface area contributed by atoms with Gasteiger partial charge in [-0.1, -0.05) is 0 Å². The number of benzene rings is 2. The zero-order chi connectivity index (χ0) is 23.3. The minimum atomic E-state index is -1.03. The van der Waals surface area contributed by atoms with Gasteiger partial charge in [0.15, 0.2) is 11.6 Å². The lowest BCUT2D eigenvalue weighted by atomic mass is 10.0. The lowest BCUT2D eigenvalue weighted by Crippen LogP contribution is -2.46. The summed E-state index contributed by atoms with van der Waals surface area (Å²) in [5.74, 6) is -2.12. The van der Waals surface area contributed by atoms with E-state index in [1.54, 1.807) is 36.9 Å². The lowest BCUT2D eigenvalue weighted by molar-refractivity contribution is 0.0591. The van der Waals surface area contributed by atoms with E-state index in [0.29, 0.717) is 29.9 Å². The van der Waals surface area contributed by atoms with Crippen LogP contribution in [0.25, 0.3) is 10.9 Å². The van der Waals surface area contributed by atoms with E-state index < -0.39 is 23.1 Å². The largest absolute Gasteiger partial charge is 0.453 e. The number of ether oxygens (including phenoxy) is 2. The zero-order valence-electron chi connectivity index (χ0n) is 18.1. The number of carbonyl (C=O) groups excluding carboxylic acids is 1. The van der Waals surface area contributed by atoms with E-state index in [-0.39, 0.29) is 42.0 Å². The molecule has 2 aromatic carbocycles. The van der Waals surface area contributed by atoms with Crippen LogP contribution in [0.3, 0.4) is 0 Å². The van der Waals surface area contributed by atoms with Crippen molar-refractivity contribution in [1.82, 2.24) is 20.4 Å². The second kappa shape index (κ2) is 8.05. The van der Waals surface area contributed by atoms with E-state index in [1.807, 2.05) is 0 Å². The first kappa shape index (κ1) is 21.7. The number of amides is 1. The maximum Gasteiger partial charge on any atom is 0.255 e. The summed E-state index contributed by atoms with van der Waals surface area (Å²) >= 11 is 0. The normalized spacial score (nSPS) is 22.2. The highest BCUT2D eigenvalue weighted by atomic mass is 19.1. The van der Waals surface area contributed by atoms with Gasteiger partial charge in [-0.2, -0.15) is 5.10 Å². The van der Waals surface area contributed by atoms with Crippen LogP contribution in [-0.4, -0.2) is 51.3 Å². The molecule has 2 saturated heterocycles. The van der Waals surface area contributed by atoms with E-state index in [1.165, 1.54) is 6.07 Å². The standard InChI is InChI=1S/C23H24F2N4O4/c1-23(2,31)11-29-17-9-14(21(30)28-16-5-6-26-22-20(16)33-22)19(7-12(17)10-27-29)32-18-4-3-13(24)8-15(18)25/h3-4,7-10,16,20,22,26,31H,5-6,11H2,1-2H3,(H,28,30)/t16-,20?,22?/m0/s1. The number of fused-ring (bicyclic) bond motifs is 2. The number of epoxide rings is 1. The van der Waals surface area contributed by atoms with Crippen molar-refractivity contribution >= 4 is 16.8 Å². The predicted octanol–water partition coefficient (Wildman–Crippen LogP) is 2.69. The van der Waals surface area contributed by atoms with Gasteiger partial charge in [0, 0.05) is 11.5 Å². The number of nitrogens with one attached hydrogen (secondary N) is 2. The van der Waals surface area contributed by atoms with Crippen LogP contribution >= 0.6 is 0 Å². The van der Waals surface area contributed by atoms with Gasteiger partial charge in [-0.05, 0) is 51.1 Å². The van der Waals surface area contributed by atoms with Crippen LogP contribution in [0.1, 0.15) is 30.6 Å². The molecule has 0 bridgehead atoms. The van der Waals surface area contributed by atoms with E-state index >= 15 is 0 Å². The van der Waals surface area contributed by atoms with E-state index in [0.717, 1.165) is 6.07 Å². The van der Waals surface area contributed by atoms with Crippen LogP contribution in [-0.2, 0) is 11.3 Å². The SMILES string of the molecule is CC(C)(O)Cn1ncc2cc(Oc3ccc(F)cc3F)c(C(=O)N[C@H]3CCNC4OC43)cc21. The van der Waals surface area contributed by atoms with E-state index in [9.17, 15) is 18.7 Å². The zero-order valence-corrected chi connectivity index (χ0v) is 18.1. The number of aromatic nitrogens is 2. The average Bonchev–Trinajstić information content (AvgIpc) is 3.45. The molecule has 2 aliphatic heterocycles. The van der Waals surface area contributed by atoms with Gasteiger partial charge in [-0.25, -0.2) is 8.78 Å². The molecule has 33 heavy (non-hydrogen) atoms. The maximum atomic E-state index is 14.3.